The first-order valence-electron chi connectivity index (χ1n) is 3.98. The molecule has 0 aromatic heterocycles. The molecule has 5 nitrogen and oxygen atoms in total. The van der Waals surface area contributed by atoms with Gasteiger partial charge in [0.1, 0.15) is 6.61 Å². The number of carbonyl (C=O) groups excluding carboxylic acids is 1. The molecule has 0 aliphatic carbocycles. The van der Waals surface area contributed by atoms with E-state index in [4.69, 9.17) is 15.3 Å². The highest BCUT2D eigenvalue weighted by Crippen LogP contribution is 2.11. The van der Waals surface area contributed by atoms with Crippen LogP contribution >= 0.6 is 0 Å². The minimum Gasteiger partial charge on any atom is -0.381 e. The molecule has 1 amide bonds. The maximum atomic E-state index is 10.6. The van der Waals surface area contributed by atoms with Crippen molar-refractivity contribution in [2.75, 3.05) is 26.4 Å². The molecule has 0 spiro atoms. The molecule has 0 aromatic carbocycles. The van der Waals surface area contributed by atoms with Gasteiger partial charge in [0.15, 0.2) is 0 Å². The summed E-state index contributed by atoms with van der Waals surface area (Å²) in [5.41, 5.74) is 2.00. The molecule has 1 aliphatic heterocycles. The average molecular weight is 174 g/mol. The largest absolute Gasteiger partial charge is 0.381 e. The number of hydrogen-bond acceptors (Lipinski definition) is 4. The molecule has 12 heavy (non-hydrogen) atoms. The number of hydrazine groups is 1. The van der Waals surface area contributed by atoms with Gasteiger partial charge >= 0.3 is 0 Å². The number of amides is 1. The summed E-state index contributed by atoms with van der Waals surface area (Å²) in [4.78, 5) is 10.6. The fraction of sp³-hybridized carbons (Fsp3) is 0.857. The summed E-state index contributed by atoms with van der Waals surface area (Å²) in [6.45, 7) is 2.15. The van der Waals surface area contributed by atoms with Crippen molar-refractivity contribution in [3.05, 3.63) is 0 Å². The van der Waals surface area contributed by atoms with Gasteiger partial charge in [-0.3, -0.25) is 10.2 Å². The maximum Gasteiger partial charge on any atom is 0.259 e. The summed E-state index contributed by atoms with van der Waals surface area (Å²) in [7, 11) is 0. The molecule has 1 atom stereocenters. The molecule has 1 heterocycles. The van der Waals surface area contributed by atoms with Crippen LogP contribution < -0.4 is 11.3 Å². The molecule has 0 bridgehead atoms. The van der Waals surface area contributed by atoms with Gasteiger partial charge in [-0.2, -0.15) is 0 Å². The van der Waals surface area contributed by atoms with Crippen LogP contribution in [0, 0.1) is 5.92 Å². The third kappa shape index (κ3) is 3.17. The van der Waals surface area contributed by atoms with Crippen molar-refractivity contribution >= 4 is 5.91 Å². The standard InChI is InChI=1S/C7H14N2O3/c8-9-7(10)5-12-4-6-1-2-11-3-6/h6H,1-5,8H2,(H,9,10). The van der Waals surface area contributed by atoms with Crippen molar-refractivity contribution in [1.82, 2.24) is 5.43 Å². The number of ether oxygens (including phenoxy) is 2. The topological polar surface area (TPSA) is 73.6 Å². The number of hydrogen-bond donors (Lipinski definition) is 2. The van der Waals surface area contributed by atoms with Crippen LogP contribution in [0.3, 0.4) is 0 Å². The number of nitrogens with two attached hydrogens (primary N) is 1. The second-order valence-corrected chi connectivity index (χ2v) is 2.81. The van der Waals surface area contributed by atoms with Crippen molar-refractivity contribution in [2.24, 2.45) is 11.8 Å². The Kier molecular flexibility index (Phi) is 3.99. The molecule has 1 unspecified atom stereocenters. The van der Waals surface area contributed by atoms with E-state index in [9.17, 15) is 4.79 Å². The molecule has 0 aromatic rings. The predicted molar refractivity (Wildman–Crippen MR) is 42.1 cm³/mol. The van der Waals surface area contributed by atoms with E-state index in [1.165, 1.54) is 0 Å². The normalized spacial score (nSPS) is 22.6. The van der Waals surface area contributed by atoms with E-state index < -0.39 is 0 Å². The smallest absolute Gasteiger partial charge is 0.259 e. The first-order chi connectivity index (χ1) is 5.83. The Hall–Kier alpha value is -0.650. The SMILES string of the molecule is NNC(=O)COCC1CCOC1. The quantitative estimate of drug-likeness (QED) is 0.327. The van der Waals surface area contributed by atoms with Gasteiger partial charge in [-0.15, -0.1) is 0 Å². The van der Waals surface area contributed by atoms with E-state index in [2.05, 4.69) is 0 Å². The first kappa shape index (κ1) is 9.44. The highest BCUT2D eigenvalue weighted by Gasteiger charge is 2.15. The molecule has 0 radical (unpaired) electrons. The van der Waals surface area contributed by atoms with Crippen LogP contribution in [0.15, 0.2) is 0 Å². The molecule has 1 aliphatic rings. The summed E-state index contributed by atoms with van der Waals surface area (Å²) >= 11 is 0. The molecular weight excluding hydrogens is 160 g/mol. The van der Waals surface area contributed by atoms with Gasteiger partial charge in [0.25, 0.3) is 5.91 Å². The Morgan fingerprint density at radius 1 is 1.75 bits per heavy atom. The Bertz CT molecular complexity index is 146. The van der Waals surface area contributed by atoms with Crippen molar-refractivity contribution in [1.29, 1.82) is 0 Å². The monoisotopic (exact) mass is 174 g/mol. The van der Waals surface area contributed by atoms with Gasteiger partial charge in [-0.1, -0.05) is 0 Å². The van der Waals surface area contributed by atoms with Crippen LogP contribution in [-0.2, 0) is 14.3 Å². The lowest BCUT2D eigenvalue weighted by molar-refractivity contribution is -0.126. The van der Waals surface area contributed by atoms with Crippen LogP contribution in [-0.4, -0.2) is 32.3 Å². The zero-order valence-corrected chi connectivity index (χ0v) is 6.91. The maximum absolute atomic E-state index is 10.6. The van der Waals surface area contributed by atoms with Gasteiger partial charge in [0.2, 0.25) is 0 Å². The van der Waals surface area contributed by atoms with E-state index in [1.807, 2.05) is 5.43 Å². The Morgan fingerprint density at radius 2 is 2.58 bits per heavy atom. The van der Waals surface area contributed by atoms with E-state index in [-0.39, 0.29) is 12.5 Å². The Labute approximate surface area is 71.2 Å². The summed E-state index contributed by atoms with van der Waals surface area (Å²) in [5, 5.41) is 0. The second kappa shape index (κ2) is 5.08. The van der Waals surface area contributed by atoms with Gasteiger partial charge < -0.3 is 9.47 Å². The van der Waals surface area contributed by atoms with Crippen LogP contribution in [0.25, 0.3) is 0 Å². The van der Waals surface area contributed by atoms with Crippen molar-refractivity contribution < 1.29 is 14.3 Å². The molecule has 0 saturated carbocycles. The molecule has 1 saturated heterocycles. The Balaban J connectivity index is 1.97. The van der Waals surface area contributed by atoms with Crippen LogP contribution in [0.5, 0.6) is 0 Å². The lowest BCUT2D eigenvalue weighted by Crippen LogP contribution is -2.33. The summed E-state index contributed by atoms with van der Waals surface area (Å²) in [6, 6.07) is 0. The van der Waals surface area contributed by atoms with E-state index in [1.54, 1.807) is 0 Å². The molecule has 1 rings (SSSR count). The van der Waals surface area contributed by atoms with Gasteiger partial charge in [0.05, 0.1) is 13.2 Å². The van der Waals surface area contributed by atoms with Crippen LogP contribution in [0.4, 0.5) is 0 Å². The highest BCUT2D eigenvalue weighted by atomic mass is 16.5. The van der Waals surface area contributed by atoms with Crippen molar-refractivity contribution in [3.63, 3.8) is 0 Å². The zero-order chi connectivity index (χ0) is 8.81. The van der Waals surface area contributed by atoms with E-state index in [0.29, 0.717) is 12.5 Å². The fourth-order valence-corrected chi connectivity index (χ4v) is 1.07. The summed E-state index contributed by atoms with van der Waals surface area (Å²) in [6.07, 6.45) is 1.02. The number of rotatable bonds is 4. The van der Waals surface area contributed by atoms with Crippen molar-refractivity contribution in [2.45, 2.75) is 6.42 Å². The highest BCUT2D eigenvalue weighted by molar-refractivity contribution is 5.76. The lowest BCUT2D eigenvalue weighted by Gasteiger charge is -2.07. The van der Waals surface area contributed by atoms with Crippen molar-refractivity contribution in [3.8, 4) is 0 Å². The number of nitrogens with one attached hydrogen (secondary N) is 1. The predicted octanol–water partition coefficient (Wildman–Crippen LogP) is -0.971. The van der Waals surface area contributed by atoms with Gasteiger partial charge in [-0.05, 0) is 6.42 Å². The minimum atomic E-state index is -0.297. The third-order valence-electron chi connectivity index (χ3n) is 1.77. The lowest BCUT2D eigenvalue weighted by atomic mass is 10.1. The average Bonchev–Trinajstić information content (AvgIpc) is 2.57. The third-order valence-corrected chi connectivity index (χ3v) is 1.77. The summed E-state index contributed by atoms with van der Waals surface area (Å²) < 4.78 is 10.2. The van der Waals surface area contributed by atoms with Crippen LogP contribution in [0.2, 0.25) is 0 Å². The molecular formula is C7H14N2O3. The Morgan fingerprint density at radius 3 is 3.17 bits per heavy atom. The fourth-order valence-electron chi connectivity index (χ4n) is 1.07. The minimum absolute atomic E-state index is 0.0347. The van der Waals surface area contributed by atoms with E-state index >= 15 is 0 Å². The molecule has 3 N–H and O–H groups in total. The summed E-state index contributed by atoms with van der Waals surface area (Å²) in [5.74, 6) is 5.01. The molecule has 5 heteroatoms. The first-order valence-corrected chi connectivity index (χ1v) is 3.98. The number of carbonyl (C=O) groups is 1. The second-order valence-electron chi connectivity index (χ2n) is 2.81. The zero-order valence-electron chi connectivity index (χ0n) is 6.91. The van der Waals surface area contributed by atoms with Gasteiger partial charge in [0, 0.05) is 12.5 Å². The van der Waals surface area contributed by atoms with E-state index in [0.717, 1.165) is 19.6 Å². The molecule has 70 valence electrons. The van der Waals surface area contributed by atoms with Gasteiger partial charge in [-0.25, -0.2) is 5.84 Å². The molecule has 1 fully saturated rings. The van der Waals surface area contributed by atoms with Crippen LogP contribution in [0.1, 0.15) is 6.42 Å².